The Morgan fingerprint density at radius 1 is 1.05 bits per heavy atom. The van der Waals surface area contributed by atoms with Crippen molar-refractivity contribution in [2.24, 2.45) is 0 Å². The van der Waals surface area contributed by atoms with Gasteiger partial charge in [0.05, 0.1) is 19.8 Å². The molecule has 1 atom stereocenters. The molecule has 2 aromatic rings. The van der Waals surface area contributed by atoms with Crippen molar-refractivity contribution in [3.05, 3.63) is 64.1 Å². The van der Waals surface area contributed by atoms with Gasteiger partial charge in [0, 0.05) is 4.47 Å². The van der Waals surface area contributed by atoms with Crippen LogP contribution in [0, 0.1) is 0 Å². The van der Waals surface area contributed by atoms with Crippen LogP contribution in [0.4, 0.5) is 0 Å². The van der Waals surface area contributed by atoms with Gasteiger partial charge in [0.1, 0.15) is 5.75 Å². The molecule has 106 valence electrons. The molecule has 0 spiro atoms. The SMILES string of the molecule is CC[C@H](OCc1ccc(OC)cc1)c1ccccc1Br. The minimum Gasteiger partial charge on any atom is -0.497 e. The average Bonchev–Trinajstić information content (AvgIpc) is 2.50. The first kappa shape index (κ1) is 15.1. The van der Waals surface area contributed by atoms with E-state index in [-0.39, 0.29) is 6.10 Å². The van der Waals surface area contributed by atoms with E-state index in [9.17, 15) is 0 Å². The molecule has 0 saturated heterocycles. The summed E-state index contributed by atoms with van der Waals surface area (Å²) in [5.41, 5.74) is 2.35. The summed E-state index contributed by atoms with van der Waals surface area (Å²) < 4.78 is 12.3. The fraction of sp³-hybridized carbons (Fsp3) is 0.294. The lowest BCUT2D eigenvalue weighted by Gasteiger charge is -2.18. The van der Waals surface area contributed by atoms with E-state index in [2.05, 4.69) is 35.0 Å². The summed E-state index contributed by atoms with van der Waals surface area (Å²) in [7, 11) is 1.67. The molecule has 0 aliphatic rings. The lowest BCUT2D eigenvalue weighted by atomic mass is 10.1. The molecule has 0 amide bonds. The van der Waals surface area contributed by atoms with Crippen molar-refractivity contribution >= 4 is 15.9 Å². The first-order chi connectivity index (χ1) is 9.74. The molecule has 0 radical (unpaired) electrons. The molecule has 0 bridgehead atoms. The van der Waals surface area contributed by atoms with E-state index in [1.807, 2.05) is 36.4 Å². The quantitative estimate of drug-likeness (QED) is 0.729. The Kier molecular flexibility index (Phi) is 5.62. The Hall–Kier alpha value is -1.32. The molecule has 2 aromatic carbocycles. The number of methoxy groups -OCH3 is 1. The summed E-state index contributed by atoms with van der Waals surface area (Å²) in [5.74, 6) is 0.867. The highest BCUT2D eigenvalue weighted by molar-refractivity contribution is 9.10. The highest BCUT2D eigenvalue weighted by Crippen LogP contribution is 2.29. The third-order valence-corrected chi connectivity index (χ3v) is 3.96. The summed E-state index contributed by atoms with van der Waals surface area (Å²) in [4.78, 5) is 0. The molecule has 2 rings (SSSR count). The second kappa shape index (κ2) is 7.46. The number of hydrogen-bond donors (Lipinski definition) is 0. The molecule has 3 heteroatoms. The van der Waals surface area contributed by atoms with Crippen LogP contribution in [-0.4, -0.2) is 7.11 Å². The number of hydrogen-bond acceptors (Lipinski definition) is 2. The predicted octanol–water partition coefficient (Wildman–Crippen LogP) is 5.13. The van der Waals surface area contributed by atoms with Gasteiger partial charge in [-0.3, -0.25) is 0 Å². The monoisotopic (exact) mass is 334 g/mol. The van der Waals surface area contributed by atoms with Crippen LogP contribution >= 0.6 is 15.9 Å². The highest BCUT2D eigenvalue weighted by atomic mass is 79.9. The van der Waals surface area contributed by atoms with Crippen molar-refractivity contribution in [2.75, 3.05) is 7.11 Å². The summed E-state index contributed by atoms with van der Waals surface area (Å²) >= 11 is 3.59. The van der Waals surface area contributed by atoms with Crippen LogP contribution < -0.4 is 4.74 Å². The van der Waals surface area contributed by atoms with E-state index in [4.69, 9.17) is 9.47 Å². The molecule has 0 aliphatic heterocycles. The molecular weight excluding hydrogens is 316 g/mol. The summed E-state index contributed by atoms with van der Waals surface area (Å²) in [5, 5.41) is 0. The maximum absolute atomic E-state index is 6.05. The molecule has 0 saturated carbocycles. The van der Waals surface area contributed by atoms with E-state index in [0.29, 0.717) is 6.61 Å². The van der Waals surface area contributed by atoms with Crippen LogP contribution in [0.25, 0.3) is 0 Å². The van der Waals surface area contributed by atoms with Crippen molar-refractivity contribution < 1.29 is 9.47 Å². The number of halogens is 1. The van der Waals surface area contributed by atoms with Crippen molar-refractivity contribution in [2.45, 2.75) is 26.1 Å². The predicted molar refractivity (Wildman–Crippen MR) is 85.0 cm³/mol. The third kappa shape index (κ3) is 3.84. The second-order valence-electron chi connectivity index (χ2n) is 4.58. The van der Waals surface area contributed by atoms with Gasteiger partial charge in [-0.15, -0.1) is 0 Å². The van der Waals surface area contributed by atoms with Gasteiger partial charge >= 0.3 is 0 Å². The minimum absolute atomic E-state index is 0.104. The van der Waals surface area contributed by atoms with Crippen LogP contribution in [0.15, 0.2) is 53.0 Å². The molecular formula is C17H19BrO2. The molecule has 0 heterocycles. The number of ether oxygens (including phenoxy) is 2. The zero-order valence-electron chi connectivity index (χ0n) is 11.8. The first-order valence-corrected chi connectivity index (χ1v) is 7.53. The largest absolute Gasteiger partial charge is 0.497 e. The van der Waals surface area contributed by atoms with Crippen LogP contribution in [0.5, 0.6) is 5.75 Å². The third-order valence-electron chi connectivity index (χ3n) is 3.23. The van der Waals surface area contributed by atoms with Gasteiger partial charge in [-0.1, -0.05) is 53.2 Å². The van der Waals surface area contributed by atoms with Crippen LogP contribution in [-0.2, 0) is 11.3 Å². The van der Waals surface area contributed by atoms with E-state index in [1.54, 1.807) is 7.11 Å². The van der Waals surface area contributed by atoms with Crippen LogP contribution in [0.2, 0.25) is 0 Å². The maximum atomic E-state index is 6.05. The van der Waals surface area contributed by atoms with E-state index >= 15 is 0 Å². The highest BCUT2D eigenvalue weighted by Gasteiger charge is 2.12. The summed E-state index contributed by atoms with van der Waals surface area (Å²) in [6.45, 7) is 2.74. The Balaban J connectivity index is 2.02. The average molecular weight is 335 g/mol. The van der Waals surface area contributed by atoms with Gasteiger partial charge in [-0.2, -0.15) is 0 Å². The van der Waals surface area contributed by atoms with Crippen molar-refractivity contribution in [3.8, 4) is 5.75 Å². The Labute approximate surface area is 128 Å². The lowest BCUT2D eigenvalue weighted by molar-refractivity contribution is 0.0367. The Morgan fingerprint density at radius 3 is 2.35 bits per heavy atom. The van der Waals surface area contributed by atoms with Gasteiger partial charge in [0.25, 0.3) is 0 Å². The lowest BCUT2D eigenvalue weighted by Crippen LogP contribution is -2.04. The minimum atomic E-state index is 0.104. The molecule has 20 heavy (non-hydrogen) atoms. The Bertz CT molecular complexity index is 537. The van der Waals surface area contributed by atoms with Crippen LogP contribution in [0.1, 0.15) is 30.6 Å². The van der Waals surface area contributed by atoms with Crippen molar-refractivity contribution in [3.63, 3.8) is 0 Å². The van der Waals surface area contributed by atoms with Gasteiger partial charge in [0.15, 0.2) is 0 Å². The first-order valence-electron chi connectivity index (χ1n) is 6.73. The fourth-order valence-corrected chi connectivity index (χ4v) is 2.62. The molecule has 0 fully saturated rings. The van der Waals surface area contributed by atoms with Crippen molar-refractivity contribution in [1.82, 2.24) is 0 Å². The molecule has 0 aromatic heterocycles. The van der Waals surface area contributed by atoms with E-state index in [0.717, 1.165) is 22.2 Å². The zero-order chi connectivity index (χ0) is 14.4. The van der Waals surface area contributed by atoms with Gasteiger partial charge in [-0.25, -0.2) is 0 Å². The second-order valence-corrected chi connectivity index (χ2v) is 5.43. The molecule has 2 nitrogen and oxygen atoms in total. The Morgan fingerprint density at radius 2 is 1.75 bits per heavy atom. The fourth-order valence-electron chi connectivity index (χ4n) is 2.08. The molecule has 0 N–H and O–H groups in total. The van der Waals surface area contributed by atoms with Gasteiger partial charge in [0.2, 0.25) is 0 Å². The van der Waals surface area contributed by atoms with Crippen molar-refractivity contribution in [1.29, 1.82) is 0 Å². The smallest absolute Gasteiger partial charge is 0.118 e. The van der Waals surface area contributed by atoms with Crippen LogP contribution in [0.3, 0.4) is 0 Å². The normalized spacial score (nSPS) is 12.2. The number of benzene rings is 2. The summed E-state index contributed by atoms with van der Waals surface area (Å²) in [6, 6.07) is 16.2. The standard InChI is InChI=1S/C17H19BrO2/c1-3-17(15-6-4-5-7-16(15)18)20-12-13-8-10-14(19-2)11-9-13/h4-11,17H,3,12H2,1-2H3/t17-/m0/s1. The summed E-state index contributed by atoms with van der Waals surface area (Å²) in [6.07, 6.45) is 1.05. The van der Waals surface area contributed by atoms with E-state index < -0.39 is 0 Å². The molecule has 0 aliphatic carbocycles. The number of rotatable bonds is 6. The topological polar surface area (TPSA) is 18.5 Å². The zero-order valence-corrected chi connectivity index (χ0v) is 13.4. The maximum Gasteiger partial charge on any atom is 0.118 e. The molecule has 0 unspecified atom stereocenters. The van der Waals surface area contributed by atoms with Gasteiger partial charge < -0.3 is 9.47 Å². The van der Waals surface area contributed by atoms with Gasteiger partial charge in [-0.05, 0) is 35.7 Å². The van der Waals surface area contributed by atoms with E-state index in [1.165, 1.54) is 5.56 Å².